The van der Waals surface area contributed by atoms with Gasteiger partial charge in [-0.05, 0) is 24.3 Å². The van der Waals surface area contributed by atoms with Gasteiger partial charge in [-0.3, -0.25) is 9.59 Å². The number of hydrogen-bond donors (Lipinski definition) is 0. The molecule has 0 unspecified atom stereocenters. The molecule has 8 heteroatoms. The van der Waals surface area contributed by atoms with Gasteiger partial charge >= 0.3 is 5.97 Å². The number of amides is 2. The summed E-state index contributed by atoms with van der Waals surface area (Å²) in [5.41, 5.74) is 1.05. The van der Waals surface area contributed by atoms with Gasteiger partial charge in [-0.15, -0.1) is 0 Å². The summed E-state index contributed by atoms with van der Waals surface area (Å²) in [6.07, 6.45) is -0.368. The van der Waals surface area contributed by atoms with E-state index >= 15 is 0 Å². The monoisotopic (exact) mass is 357 g/mol. The standard InChI is InChI=1S/C18H12FNO6/c19-12-5-10(16-11(6-12)8-24-9-25-16)7-15(21)26-20-17(22)13-3-1-2-4-14(13)18(20)23/h1-6H,7-9H2. The van der Waals surface area contributed by atoms with E-state index in [4.69, 9.17) is 14.3 Å². The number of hydrogen-bond acceptors (Lipinski definition) is 6. The lowest BCUT2D eigenvalue weighted by Crippen LogP contribution is -2.33. The number of hydroxylamine groups is 2. The average Bonchev–Trinajstić information content (AvgIpc) is 2.87. The summed E-state index contributed by atoms with van der Waals surface area (Å²) in [5, 5.41) is 0.419. The van der Waals surface area contributed by atoms with Gasteiger partial charge in [0.2, 0.25) is 0 Å². The molecule has 0 saturated heterocycles. The van der Waals surface area contributed by atoms with Crippen LogP contribution >= 0.6 is 0 Å². The number of benzene rings is 2. The number of nitrogens with zero attached hydrogens (tertiary/aromatic N) is 1. The summed E-state index contributed by atoms with van der Waals surface area (Å²) in [7, 11) is 0. The molecule has 2 heterocycles. The predicted molar refractivity (Wildman–Crippen MR) is 83.4 cm³/mol. The number of imide groups is 1. The lowest BCUT2D eigenvalue weighted by atomic mass is 10.1. The Kier molecular flexibility index (Phi) is 3.89. The van der Waals surface area contributed by atoms with Crippen LogP contribution in [0.1, 0.15) is 31.8 Å². The van der Waals surface area contributed by atoms with Crippen molar-refractivity contribution in [2.75, 3.05) is 6.79 Å². The van der Waals surface area contributed by atoms with E-state index in [1.807, 2.05) is 0 Å². The SMILES string of the molecule is O=C(Cc1cc(F)cc2c1OCOC2)ON1C(=O)c2ccccc2C1=O. The number of rotatable bonds is 3. The topological polar surface area (TPSA) is 82.1 Å². The van der Waals surface area contributed by atoms with Gasteiger partial charge in [-0.25, -0.2) is 9.18 Å². The fourth-order valence-electron chi connectivity index (χ4n) is 2.93. The van der Waals surface area contributed by atoms with Crippen LogP contribution in [0.25, 0.3) is 0 Å². The average molecular weight is 357 g/mol. The van der Waals surface area contributed by atoms with Gasteiger partial charge in [0.1, 0.15) is 11.6 Å². The van der Waals surface area contributed by atoms with Gasteiger partial charge in [0.25, 0.3) is 11.8 Å². The van der Waals surface area contributed by atoms with E-state index in [0.717, 1.165) is 6.07 Å². The second-order valence-corrected chi connectivity index (χ2v) is 5.75. The molecule has 2 aliphatic heterocycles. The van der Waals surface area contributed by atoms with E-state index in [-0.39, 0.29) is 36.5 Å². The van der Waals surface area contributed by atoms with Gasteiger partial charge in [0.05, 0.1) is 24.2 Å². The van der Waals surface area contributed by atoms with Crippen LogP contribution in [0.2, 0.25) is 0 Å². The lowest BCUT2D eigenvalue weighted by Gasteiger charge is -2.21. The minimum Gasteiger partial charge on any atom is -0.467 e. The quantitative estimate of drug-likeness (QED) is 0.782. The summed E-state index contributed by atoms with van der Waals surface area (Å²) in [4.78, 5) is 41.6. The zero-order valence-electron chi connectivity index (χ0n) is 13.4. The molecule has 132 valence electrons. The number of carbonyl (C=O) groups excluding carboxylic acids is 3. The van der Waals surface area contributed by atoms with Gasteiger partial charge in [0.15, 0.2) is 6.79 Å². The molecule has 2 aliphatic rings. The van der Waals surface area contributed by atoms with Crippen LogP contribution in [0, 0.1) is 5.82 Å². The third-order valence-electron chi connectivity index (χ3n) is 4.04. The zero-order chi connectivity index (χ0) is 18.3. The molecule has 0 radical (unpaired) electrons. The highest BCUT2D eigenvalue weighted by molar-refractivity contribution is 6.20. The van der Waals surface area contributed by atoms with Crippen molar-refractivity contribution in [3.63, 3.8) is 0 Å². The fourth-order valence-corrected chi connectivity index (χ4v) is 2.93. The third-order valence-corrected chi connectivity index (χ3v) is 4.04. The normalized spacial score (nSPS) is 15.3. The maximum atomic E-state index is 13.7. The molecule has 0 bridgehead atoms. The van der Waals surface area contributed by atoms with Crippen molar-refractivity contribution < 1.29 is 33.1 Å². The largest absolute Gasteiger partial charge is 0.467 e. The van der Waals surface area contributed by atoms with Crippen LogP contribution < -0.4 is 4.74 Å². The Balaban J connectivity index is 1.53. The second-order valence-electron chi connectivity index (χ2n) is 5.75. The van der Waals surface area contributed by atoms with Crippen molar-refractivity contribution in [2.45, 2.75) is 13.0 Å². The van der Waals surface area contributed by atoms with Crippen LogP contribution in [0.4, 0.5) is 4.39 Å². The van der Waals surface area contributed by atoms with Crippen LogP contribution in [-0.4, -0.2) is 29.6 Å². The van der Waals surface area contributed by atoms with Crippen LogP contribution in [0.3, 0.4) is 0 Å². The number of ether oxygens (including phenoxy) is 2. The minimum absolute atomic E-state index is 0.0148. The molecule has 7 nitrogen and oxygen atoms in total. The first-order chi connectivity index (χ1) is 12.5. The molecule has 4 rings (SSSR count). The molecular weight excluding hydrogens is 345 g/mol. The molecule has 0 spiro atoms. The van der Waals surface area contributed by atoms with Crippen molar-refractivity contribution >= 4 is 17.8 Å². The Bertz CT molecular complexity index is 906. The first-order valence-electron chi connectivity index (χ1n) is 7.75. The smallest absolute Gasteiger partial charge is 0.337 e. The third kappa shape index (κ3) is 2.70. The van der Waals surface area contributed by atoms with E-state index in [0.29, 0.717) is 16.4 Å². The highest BCUT2D eigenvalue weighted by atomic mass is 19.1. The van der Waals surface area contributed by atoms with Gasteiger partial charge in [0, 0.05) is 11.1 Å². The Morgan fingerprint density at radius 2 is 1.85 bits per heavy atom. The first-order valence-corrected chi connectivity index (χ1v) is 7.75. The molecule has 0 N–H and O–H groups in total. The molecule has 0 aliphatic carbocycles. The van der Waals surface area contributed by atoms with Crippen molar-refractivity contribution in [2.24, 2.45) is 0 Å². The summed E-state index contributed by atoms with van der Waals surface area (Å²) in [6.45, 7) is 0.145. The van der Waals surface area contributed by atoms with Gasteiger partial charge in [-0.1, -0.05) is 17.2 Å². The molecule has 26 heavy (non-hydrogen) atoms. The Morgan fingerprint density at radius 3 is 2.54 bits per heavy atom. The molecule has 0 fully saturated rings. The maximum Gasteiger partial charge on any atom is 0.337 e. The maximum absolute atomic E-state index is 13.7. The zero-order valence-corrected chi connectivity index (χ0v) is 13.4. The molecule has 0 atom stereocenters. The Hall–Kier alpha value is -3.26. The Morgan fingerprint density at radius 1 is 1.15 bits per heavy atom. The van der Waals surface area contributed by atoms with E-state index < -0.39 is 23.6 Å². The van der Waals surface area contributed by atoms with Gasteiger partial charge < -0.3 is 14.3 Å². The van der Waals surface area contributed by atoms with E-state index in [2.05, 4.69) is 0 Å². The molecule has 2 aromatic carbocycles. The van der Waals surface area contributed by atoms with Crippen LogP contribution in [0.5, 0.6) is 5.75 Å². The predicted octanol–water partition coefficient (Wildman–Crippen LogP) is 1.99. The lowest BCUT2D eigenvalue weighted by molar-refractivity contribution is -0.167. The number of halogens is 1. The Labute approximate surface area is 146 Å². The number of fused-ring (bicyclic) bond motifs is 2. The van der Waals surface area contributed by atoms with E-state index in [1.54, 1.807) is 12.1 Å². The van der Waals surface area contributed by atoms with Crippen molar-refractivity contribution in [1.29, 1.82) is 0 Å². The molecule has 0 saturated carbocycles. The van der Waals surface area contributed by atoms with E-state index in [1.165, 1.54) is 18.2 Å². The van der Waals surface area contributed by atoms with E-state index in [9.17, 15) is 18.8 Å². The fraction of sp³-hybridized carbons (Fsp3) is 0.167. The summed E-state index contributed by atoms with van der Waals surface area (Å²) in [6, 6.07) is 8.56. The van der Waals surface area contributed by atoms with Crippen molar-refractivity contribution in [3.05, 3.63) is 64.5 Å². The number of carbonyl (C=O) groups is 3. The second kappa shape index (κ2) is 6.23. The first kappa shape index (κ1) is 16.2. The summed E-state index contributed by atoms with van der Waals surface area (Å²) < 4.78 is 24.1. The van der Waals surface area contributed by atoms with Crippen LogP contribution in [-0.2, 0) is 27.4 Å². The highest BCUT2D eigenvalue weighted by Crippen LogP contribution is 2.30. The van der Waals surface area contributed by atoms with Gasteiger partial charge in [-0.2, -0.15) is 0 Å². The van der Waals surface area contributed by atoms with Crippen molar-refractivity contribution in [3.8, 4) is 5.75 Å². The van der Waals surface area contributed by atoms with Crippen molar-refractivity contribution in [1.82, 2.24) is 5.06 Å². The summed E-state index contributed by atoms with van der Waals surface area (Å²) in [5.74, 6) is -2.53. The molecule has 2 amide bonds. The van der Waals surface area contributed by atoms with Crippen LogP contribution in [0.15, 0.2) is 36.4 Å². The highest BCUT2D eigenvalue weighted by Gasteiger charge is 2.38. The summed E-state index contributed by atoms with van der Waals surface area (Å²) >= 11 is 0. The molecular formula is C18H12FNO6. The molecule has 2 aromatic rings. The molecule has 0 aromatic heterocycles. The minimum atomic E-state index is -0.887.